The molecular formula is C31H37Cl2N3O5S. The summed E-state index contributed by atoms with van der Waals surface area (Å²) in [4.78, 5) is 28.8. The van der Waals surface area contributed by atoms with Crippen LogP contribution in [-0.2, 0) is 26.2 Å². The monoisotopic (exact) mass is 633 g/mol. The molecule has 0 saturated heterocycles. The van der Waals surface area contributed by atoms with E-state index in [0.29, 0.717) is 40.9 Å². The smallest absolute Gasteiger partial charge is 0.264 e. The van der Waals surface area contributed by atoms with Crippen LogP contribution in [0.3, 0.4) is 0 Å². The number of hydrogen-bond acceptors (Lipinski definition) is 5. The third kappa shape index (κ3) is 8.40. The molecule has 0 radical (unpaired) electrons. The Morgan fingerprint density at radius 2 is 1.62 bits per heavy atom. The number of rotatable bonds is 14. The van der Waals surface area contributed by atoms with Gasteiger partial charge >= 0.3 is 0 Å². The van der Waals surface area contributed by atoms with Crippen LogP contribution in [-0.4, -0.2) is 50.9 Å². The number of sulfonamides is 1. The van der Waals surface area contributed by atoms with E-state index >= 15 is 0 Å². The van der Waals surface area contributed by atoms with Gasteiger partial charge in [0, 0.05) is 23.1 Å². The zero-order valence-corrected chi connectivity index (χ0v) is 26.6. The van der Waals surface area contributed by atoms with Crippen molar-refractivity contribution in [1.82, 2.24) is 10.2 Å². The standard InChI is InChI=1S/C31H37Cl2N3O5S/c1-5-18-34-31(38)29(6-2)35(20-23-10-11-24(32)19-28(23)33)30(37)21-36(25-12-14-26(15-13-25)41-7-3)42(39,40)27-16-8-22(4)9-17-27/h8-17,19,29H,5-7,18,20-21H2,1-4H3,(H,34,38)/t29-/m1/s1. The molecule has 0 aliphatic heterocycles. The molecule has 0 bridgehead atoms. The maximum absolute atomic E-state index is 14.1. The molecule has 3 rings (SSSR count). The first-order valence-electron chi connectivity index (χ1n) is 13.8. The summed E-state index contributed by atoms with van der Waals surface area (Å²) in [6, 6.07) is 16.9. The average Bonchev–Trinajstić information content (AvgIpc) is 2.96. The van der Waals surface area contributed by atoms with E-state index in [0.717, 1.165) is 16.3 Å². The van der Waals surface area contributed by atoms with Crippen molar-refractivity contribution < 1.29 is 22.7 Å². The number of carbonyl (C=O) groups is 2. The summed E-state index contributed by atoms with van der Waals surface area (Å²) in [6.07, 6.45) is 1.03. The number of carbonyl (C=O) groups excluding carboxylic acids is 2. The number of nitrogens with zero attached hydrogens (tertiary/aromatic N) is 2. The number of amides is 2. The lowest BCUT2D eigenvalue weighted by molar-refractivity contribution is -0.140. The van der Waals surface area contributed by atoms with Gasteiger partial charge in [0.05, 0.1) is 17.2 Å². The van der Waals surface area contributed by atoms with Gasteiger partial charge in [0.15, 0.2) is 0 Å². The fraction of sp³-hybridized carbons (Fsp3) is 0.355. The second-order valence-electron chi connectivity index (χ2n) is 9.72. The molecule has 11 heteroatoms. The Kier molecular flexibility index (Phi) is 12.1. The number of nitrogens with one attached hydrogen (secondary N) is 1. The largest absolute Gasteiger partial charge is 0.494 e. The van der Waals surface area contributed by atoms with Gasteiger partial charge in [-0.05, 0) is 80.8 Å². The molecule has 0 spiro atoms. The molecule has 0 aliphatic carbocycles. The normalized spacial score (nSPS) is 12.0. The molecule has 42 heavy (non-hydrogen) atoms. The van der Waals surface area contributed by atoms with Crippen molar-refractivity contribution in [3.63, 3.8) is 0 Å². The molecule has 0 unspecified atom stereocenters. The van der Waals surface area contributed by atoms with Gasteiger partial charge in [-0.3, -0.25) is 13.9 Å². The van der Waals surface area contributed by atoms with Gasteiger partial charge in [0.25, 0.3) is 10.0 Å². The Morgan fingerprint density at radius 1 is 0.952 bits per heavy atom. The SMILES string of the molecule is CCCNC(=O)[C@@H](CC)N(Cc1ccc(Cl)cc1Cl)C(=O)CN(c1ccc(OCC)cc1)S(=O)(=O)c1ccc(C)cc1. The van der Waals surface area contributed by atoms with E-state index in [2.05, 4.69) is 5.32 Å². The number of ether oxygens (including phenoxy) is 1. The van der Waals surface area contributed by atoms with E-state index < -0.39 is 28.5 Å². The third-order valence-corrected chi connectivity index (χ3v) is 8.99. The van der Waals surface area contributed by atoms with Gasteiger partial charge in [-0.2, -0.15) is 0 Å². The zero-order chi connectivity index (χ0) is 30.9. The lowest BCUT2D eigenvalue weighted by atomic mass is 10.1. The fourth-order valence-corrected chi connectivity index (χ4v) is 6.24. The van der Waals surface area contributed by atoms with Gasteiger partial charge in [0.1, 0.15) is 18.3 Å². The van der Waals surface area contributed by atoms with Gasteiger partial charge < -0.3 is 15.0 Å². The van der Waals surface area contributed by atoms with Gasteiger partial charge in [-0.15, -0.1) is 0 Å². The second kappa shape index (κ2) is 15.3. The highest BCUT2D eigenvalue weighted by molar-refractivity contribution is 7.92. The first-order chi connectivity index (χ1) is 20.0. The van der Waals surface area contributed by atoms with Crippen molar-refractivity contribution in [3.05, 3.63) is 87.9 Å². The molecule has 0 saturated carbocycles. The minimum atomic E-state index is -4.18. The van der Waals surface area contributed by atoms with Crippen molar-refractivity contribution in [3.8, 4) is 5.75 Å². The summed E-state index contributed by atoms with van der Waals surface area (Å²) in [7, 11) is -4.18. The van der Waals surface area contributed by atoms with E-state index in [1.165, 1.54) is 17.0 Å². The summed E-state index contributed by atoms with van der Waals surface area (Å²) >= 11 is 12.5. The van der Waals surface area contributed by atoms with Gasteiger partial charge in [0.2, 0.25) is 11.8 Å². The molecule has 1 atom stereocenters. The fourth-order valence-electron chi connectivity index (χ4n) is 4.36. The highest BCUT2D eigenvalue weighted by Gasteiger charge is 2.34. The quantitative estimate of drug-likeness (QED) is 0.227. The summed E-state index contributed by atoms with van der Waals surface area (Å²) in [5, 5.41) is 3.62. The van der Waals surface area contributed by atoms with Crippen molar-refractivity contribution in [2.75, 3.05) is 24.0 Å². The molecule has 0 aliphatic rings. The lowest BCUT2D eigenvalue weighted by Crippen LogP contribution is -2.52. The zero-order valence-electron chi connectivity index (χ0n) is 24.3. The summed E-state index contributed by atoms with van der Waals surface area (Å²) in [5.74, 6) is -0.325. The Morgan fingerprint density at radius 3 is 2.19 bits per heavy atom. The topological polar surface area (TPSA) is 96.0 Å². The molecule has 3 aromatic carbocycles. The molecule has 0 aromatic heterocycles. The predicted octanol–water partition coefficient (Wildman–Crippen LogP) is 6.23. The van der Waals surface area contributed by atoms with Crippen molar-refractivity contribution in [2.45, 2.75) is 58.0 Å². The molecule has 226 valence electrons. The van der Waals surface area contributed by atoms with Crippen LogP contribution >= 0.6 is 23.2 Å². The minimum Gasteiger partial charge on any atom is -0.494 e. The van der Waals surface area contributed by atoms with Crippen LogP contribution in [0.2, 0.25) is 10.0 Å². The number of hydrogen-bond donors (Lipinski definition) is 1. The van der Waals surface area contributed by atoms with Crippen LogP contribution in [0.15, 0.2) is 71.6 Å². The molecular weight excluding hydrogens is 597 g/mol. The van der Waals surface area contributed by atoms with Crippen molar-refractivity contribution in [2.24, 2.45) is 0 Å². The molecule has 2 amide bonds. The van der Waals surface area contributed by atoms with Gasteiger partial charge in [-0.1, -0.05) is 60.8 Å². The molecule has 0 fully saturated rings. The molecule has 1 N–H and O–H groups in total. The first kappa shape index (κ1) is 33.2. The maximum Gasteiger partial charge on any atom is 0.264 e. The van der Waals surface area contributed by atoms with E-state index in [1.807, 2.05) is 20.8 Å². The van der Waals surface area contributed by atoms with Crippen LogP contribution in [0.25, 0.3) is 0 Å². The number of benzene rings is 3. The van der Waals surface area contributed by atoms with Gasteiger partial charge in [-0.25, -0.2) is 8.42 Å². The van der Waals surface area contributed by atoms with Crippen molar-refractivity contribution >= 4 is 50.7 Å². The molecule has 3 aromatic rings. The van der Waals surface area contributed by atoms with Crippen LogP contribution in [0.1, 0.15) is 44.7 Å². The number of halogens is 2. The summed E-state index contributed by atoms with van der Waals surface area (Å²) in [5.41, 5.74) is 1.75. The Balaban J connectivity index is 2.07. The highest BCUT2D eigenvalue weighted by Crippen LogP contribution is 2.28. The number of aryl methyl sites for hydroxylation is 1. The molecule has 0 heterocycles. The molecule has 8 nitrogen and oxygen atoms in total. The Hall–Kier alpha value is -3.27. The van der Waals surface area contributed by atoms with Crippen LogP contribution < -0.4 is 14.4 Å². The summed E-state index contributed by atoms with van der Waals surface area (Å²) in [6.45, 7) is 7.77. The van der Waals surface area contributed by atoms with Crippen molar-refractivity contribution in [1.29, 1.82) is 0 Å². The average molecular weight is 635 g/mol. The van der Waals surface area contributed by atoms with E-state index in [9.17, 15) is 18.0 Å². The van der Waals surface area contributed by atoms with Crippen LogP contribution in [0, 0.1) is 6.92 Å². The minimum absolute atomic E-state index is 0.0193. The predicted molar refractivity (Wildman–Crippen MR) is 168 cm³/mol. The second-order valence-corrected chi connectivity index (χ2v) is 12.4. The number of anilines is 1. The first-order valence-corrected chi connectivity index (χ1v) is 16.0. The third-order valence-electron chi connectivity index (χ3n) is 6.61. The highest BCUT2D eigenvalue weighted by atomic mass is 35.5. The lowest BCUT2D eigenvalue weighted by Gasteiger charge is -2.33. The van der Waals surface area contributed by atoms with E-state index in [4.69, 9.17) is 27.9 Å². The Labute approximate surface area is 258 Å². The maximum atomic E-state index is 14.1. The van der Waals surface area contributed by atoms with Crippen LogP contribution in [0.4, 0.5) is 5.69 Å². The van der Waals surface area contributed by atoms with Crippen LogP contribution in [0.5, 0.6) is 5.75 Å². The Bertz CT molecular complexity index is 1460. The van der Waals surface area contributed by atoms with E-state index in [1.54, 1.807) is 61.5 Å². The summed E-state index contributed by atoms with van der Waals surface area (Å²) < 4.78 is 34.6. The van der Waals surface area contributed by atoms with E-state index in [-0.39, 0.29) is 23.0 Å².